The van der Waals surface area contributed by atoms with Crippen molar-refractivity contribution in [1.82, 2.24) is 15.1 Å². The summed E-state index contributed by atoms with van der Waals surface area (Å²) in [6, 6.07) is 5.04. The Bertz CT molecular complexity index is 619. The number of likely N-dealkylation sites (tertiary alicyclic amines) is 1. The molecule has 7 nitrogen and oxygen atoms in total. The van der Waals surface area contributed by atoms with Crippen molar-refractivity contribution in [2.75, 3.05) is 39.3 Å². The minimum absolute atomic E-state index is 0. The van der Waals surface area contributed by atoms with E-state index in [1.807, 2.05) is 4.90 Å². The van der Waals surface area contributed by atoms with Gasteiger partial charge in [0.15, 0.2) is 0 Å². The molecule has 1 aromatic rings. The van der Waals surface area contributed by atoms with E-state index >= 15 is 0 Å². The number of carbonyl (C=O) groups is 1. The molecule has 132 valence electrons. The molecule has 0 radical (unpaired) electrons. The number of nitro groups is 1. The zero-order valence-corrected chi connectivity index (χ0v) is 14.6. The van der Waals surface area contributed by atoms with Gasteiger partial charge in [-0.25, -0.2) is 0 Å². The summed E-state index contributed by atoms with van der Waals surface area (Å²) in [4.78, 5) is 27.4. The molecule has 8 heteroatoms. The van der Waals surface area contributed by atoms with Crippen LogP contribution in [0, 0.1) is 17.0 Å². The van der Waals surface area contributed by atoms with Crippen molar-refractivity contribution in [2.24, 2.45) is 0 Å². The van der Waals surface area contributed by atoms with Crippen LogP contribution in [-0.4, -0.2) is 65.9 Å². The molecule has 1 unspecified atom stereocenters. The van der Waals surface area contributed by atoms with Gasteiger partial charge in [0.1, 0.15) is 0 Å². The summed E-state index contributed by atoms with van der Waals surface area (Å²) >= 11 is 0. The van der Waals surface area contributed by atoms with Crippen LogP contribution in [0.1, 0.15) is 22.3 Å². The number of nitrogens with one attached hydrogen (secondary N) is 1. The third kappa shape index (κ3) is 3.85. The number of nitro benzene ring substituents is 1. The lowest BCUT2D eigenvalue weighted by Gasteiger charge is -2.32. The Labute approximate surface area is 147 Å². The fraction of sp³-hybridized carbons (Fsp3) is 0.562. The third-order valence-corrected chi connectivity index (χ3v) is 4.76. The Kier molecular flexibility index (Phi) is 6.15. The highest BCUT2D eigenvalue weighted by Crippen LogP contribution is 2.22. The zero-order valence-electron chi connectivity index (χ0n) is 13.7. The van der Waals surface area contributed by atoms with Crippen LogP contribution < -0.4 is 5.32 Å². The van der Waals surface area contributed by atoms with Crippen molar-refractivity contribution in [1.29, 1.82) is 0 Å². The van der Waals surface area contributed by atoms with E-state index < -0.39 is 4.92 Å². The minimum Gasteiger partial charge on any atom is -0.337 e. The summed E-state index contributed by atoms with van der Waals surface area (Å²) < 4.78 is 0. The largest absolute Gasteiger partial charge is 0.337 e. The first-order valence-corrected chi connectivity index (χ1v) is 8.05. The number of hydrogen-bond donors (Lipinski definition) is 1. The van der Waals surface area contributed by atoms with Gasteiger partial charge < -0.3 is 10.2 Å². The third-order valence-electron chi connectivity index (χ3n) is 4.76. The molecule has 0 aromatic heterocycles. The van der Waals surface area contributed by atoms with E-state index in [0.29, 0.717) is 17.2 Å². The van der Waals surface area contributed by atoms with E-state index in [-0.39, 0.29) is 24.0 Å². The molecular formula is C16H23ClN4O3. The maximum Gasteiger partial charge on any atom is 0.272 e. The smallest absolute Gasteiger partial charge is 0.272 e. The van der Waals surface area contributed by atoms with Crippen LogP contribution >= 0.6 is 12.4 Å². The number of benzene rings is 1. The first kappa shape index (κ1) is 18.6. The van der Waals surface area contributed by atoms with Crippen LogP contribution in [0.15, 0.2) is 18.2 Å². The molecular weight excluding hydrogens is 332 g/mol. The molecule has 1 aromatic carbocycles. The first-order valence-electron chi connectivity index (χ1n) is 8.05. The first-order chi connectivity index (χ1) is 11.1. The predicted octanol–water partition coefficient (Wildman–Crippen LogP) is 1.44. The zero-order chi connectivity index (χ0) is 16.4. The molecule has 2 aliphatic heterocycles. The maximum atomic E-state index is 12.6. The summed E-state index contributed by atoms with van der Waals surface area (Å²) in [5.41, 5.74) is 1.12. The molecule has 24 heavy (non-hydrogen) atoms. The monoisotopic (exact) mass is 354 g/mol. The van der Waals surface area contributed by atoms with Gasteiger partial charge in [0.2, 0.25) is 0 Å². The number of amides is 1. The highest BCUT2D eigenvalue weighted by atomic mass is 35.5. The van der Waals surface area contributed by atoms with Crippen LogP contribution in [0.5, 0.6) is 0 Å². The molecule has 1 amide bonds. The second-order valence-corrected chi connectivity index (χ2v) is 6.24. The fourth-order valence-corrected chi connectivity index (χ4v) is 3.45. The van der Waals surface area contributed by atoms with Crippen LogP contribution in [0.3, 0.4) is 0 Å². The number of piperazine rings is 1. The number of halogens is 1. The van der Waals surface area contributed by atoms with Crippen LogP contribution in [0.25, 0.3) is 0 Å². The molecule has 2 heterocycles. The summed E-state index contributed by atoms with van der Waals surface area (Å²) in [6.45, 7) is 7.24. The lowest BCUT2D eigenvalue weighted by atomic mass is 10.1. The van der Waals surface area contributed by atoms with E-state index in [9.17, 15) is 14.9 Å². The molecule has 2 fully saturated rings. The van der Waals surface area contributed by atoms with Gasteiger partial charge in [-0.1, -0.05) is 0 Å². The standard InChI is InChI=1S/C16H22N4O3.ClH/c1-12-10-13(2-3-15(12)20(22)23)16(21)19-7-4-14(11-19)18-8-5-17-6-9-18;/h2-3,10,14,17H,4-9,11H2,1H3;1H. The lowest BCUT2D eigenvalue weighted by Crippen LogP contribution is -2.49. The molecule has 0 bridgehead atoms. The molecule has 0 saturated carbocycles. The Hall–Kier alpha value is -1.70. The predicted molar refractivity (Wildman–Crippen MR) is 93.8 cm³/mol. The Morgan fingerprint density at radius 1 is 1.29 bits per heavy atom. The number of carbonyl (C=O) groups excluding carboxylic acids is 1. The van der Waals surface area contributed by atoms with Gasteiger partial charge in [-0.05, 0) is 25.5 Å². The van der Waals surface area contributed by atoms with E-state index in [2.05, 4.69) is 10.2 Å². The van der Waals surface area contributed by atoms with Gasteiger partial charge in [-0.3, -0.25) is 19.8 Å². The van der Waals surface area contributed by atoms with Gasteiger partial charge in [0.05, 0.1) is 4.92 Å². The Morgan fingerprint density at radius 2 is 2.00 bits per heavy atom. The molecule has 0 spiro atoms. The van der Waals surface area contributed by atoms with Crippen molar-refractivity contribution in [3.8, 4) is 0 Å². The average molecular weight is 355 g/mol. The molecule has 2 saturated heterocycles. The number of aryl methyl sites for hydroxylation is 1. The fourth-order valence-electron chi connectivity index (χ4n) is 3.45. The average Bonchev–Trinajstić information content (AvgIpc) is 3.04. The molecule has 0 aliphatic carbocycles. The van der Waals surface area contributed by atoms with E-state index in [0.717, 1.165) is 45.7 Å². The van der Waals surface area contributed by atoms with Gasteiger partial charge >= 0.3 is 0 Å². The van der Waals surface area contributed by atoms with Gasteiger partial charge in [0.25, 0.3) is 11.6 Å². The van der Waals surface area contributed by atoms with Crippen molar-refractivity contribution < 1.29 is 9.72 Å². The molecule has 1 N–H and O–H groups in total. The maximum absolute atomic E-state index is 12.6. The Balaban J connectivity index is 0.00000208. The van der Waals surface area contributed by atoms with Crippen LogP contribution in [-0.2, 0) is 0 Å². The topological polar surface area (TPSA) is 78.7 Å². The van der Waals surface area contributed by atoms with Gasteiger partial charge in [-0.2, -0.15) is 0 Å². The summed E-state index contributed by atoms with van der Waals surface area (Å²) in [6.07, 6.45) is 0.998. The Morgan fingerprint density at radius 3 is 2.62 bits per heavy atom. The quantitative estimate of drug-likeness (QED) is 0.656. The number of hydrogen-bond acceptors (Lipinski definition) is 5. The van der Waals surface area contributed by atoms with E-state index in [4.69, 9.17) is 0 Å². The highest BCUT2D eigenvalue weighted by Gasteiger charge is 2.31. The van der Waals surface area contributed by atoms with Gasteiger partial charge in [-0.15, -0.1) is 12.4 Å². The second kappa shape index (κ2) is 7.92. The van der Waals surface area contributed by atoms with Crippen LogP contribution in [0.4, 0.5) is 5.69 Å². The molecule has 3 rings (SSSR count). The van der Waals surface area contributed by atoms with E-state index in [1.165, 1.54) is 6.07 Å². The lowest BCUT2D eigenvalue weighted by molar-refractivity contribution is -0.385. The minimum atomic E-state index is -0.417. The van der Waals surface area contributed by atoms with Gasteiger partial charge in [0, 0.05) is 62.5 Å². The van der Waals surface area contributed by atoms with Crippen LogP contribution in [0.2, 0.25) is 0 Å². The van der Waals surface area contributed by atoms with Crippen molar-refractivity contribution in [3.63, 3.8) is 0 Å². The van der Waals surface area contributed by atoms with Crippen molar-refractivity contribution >= 4 is 24.0 Å². The summed E-state index contributed by atoms with van der Waals surface area (Å²) in [5, 5.41) is 14.2. The normalized spacial score (nSPS) is 21.4. The SMILES string of the molecule is Cc1cc(C(=O)N2CCC(N3CCNCC3)C2)ccc1[N+](=O)[O-].Cl. The summed E-state index contributed by atoms with van der Waals surface area (Å²) in [7, 11) is 0. The van der Waals surface area contributed by atoms with E-state index in [1.54, 1.807) is 19.1 Å². The highest BCUT2D eigenvalue weighted by molar-refractivity contribution is 5.95. The number of nitrogens with zero attached hydrogens (tertiary/aromatic N) is 3. The molecule has 2 aliphatic rings. The number of rotatable bonds is 3. The second-order valence-electron chi connectivity index (χ2n) is 6.24. The summed E-state index contributed by atoms with van der Waals surface area (Å²) in [5.74, 6) is -0.0272. The van der Waals surface area contributed by atoms with Crippen molar-refractivity contribution in [2.45, 2.75) is 19.4 Å². The molecule has 1 atom stereocenters. The van der Waals surface area contributed by atoms with Crippen molar-refractivity contribution in [3.05, 3.63) is 39.4 Å².